The van der Waals surface area contributed by atoms with E-state index < -0.39 is 0 Å². The number of fused-ring (bicyclic) bond motifs is 2. The van der Waals surface area contributed by atoms with Crippen molar-refractivity contribution in [1.82, 2.24) is 9.97 Å². The van der Waals surface area contributed by atoms with Crippen molar-refractivity contribution in [1.29, 1.82) is 0 Å². The molecule has 1 aliphatic carbocycles. The fourth-order valence-corrected chi connectivity index (χ4v) is 5.95. The van der Waals surface area contributed by atoms with E-state index >= 15 is 0 Å². The van der Waals surface area contributed by atoms with E-state index in [1.807, 2.05) is 18.6 Å². The molecule has 4 nitrogen and oxygen atoms in total. The lowest BCUT2D eigenvalue weighted by Crippen LogP contribution is -2.35. The first-order chi connectivity index (χ1) is 16.8. The number of imidazole rings is 1. The molecule has 1 saturated carbocycles. The Kier molecular flexibility index (Phi) is 5.50. The van der Waals surface area contributed by atoms with Crippen LogP contribution in [0.25, 0.3) is 10.8 Å². The average molecular weight is 447 g/mol. The molecule has 0 spiro atoms. The van der Waals surface area contributed by atoms with Crippen LogP contribution < -0.4 is 5.32 Å². The predicted octanol–water partition coefficient (Wildman–Crippen LogP) is 6.79. The van der Waals surface area contributed by atoms with Crippen LogP contribution in [0.15, 0.2) is 90.6 Å². The van der Waals surface area contributed by atoms with E-state index in [1.54, 1.807) is 12.5 Å². The molecule has 170 valence electrons. The summed E-state index contributed by atoms with van der Waals surface area (Å²) in [6.07, 6.45) is 16.4. The van der Waals surface area contributed by atoms with E-state index in [0.717, 1.165) is 24.1 Å². The fourth-order valence-electron chi connectivity index (χ4n) is 5.95. The van der Waals surface area contributed by atoms with Crippen molar-refractivity contribution in [3.05, 3.63) is 108 Å². The molecule has 4 heteroatoms. The maximum absolute atomic E-state index is 4.40. The van der Waals surface area contributed by atoms with Crippen LogP contribution in [0.5, 0.6) is 0 Å². The monoisotopic (exact) mass is 446 g/mol. The van der Waals surface area contributed by atoms with Crippen LogP contribution in [0.1, 0.15) is 48.1 Å². The number of benzene rings is 3. The molecule has 0 bridgehead atoms. The molecule has 3 aromatic carbocycles. The van der Waals surface area contributed by atoms with Gasteiger partial charge in [-0.25, -0.2) is 4.98 Å². The summed E-state index contributed by atoms with van der Waals surface area (Å²) in [5, 5.41) is 6.09. The molecule has 2 heterocycles. The molecule has 1 fully saturated rings. The van der Waals surface area contributed by atoms with Gasteiger partial charge in [0.25, 0.3) is 0 Å². The van der Waals surface area contributed by atoms with Crippen molar-refractivity contribution >= 4 is 22.7 Å². The molecule has 2 aliphatic rings. The predicted molar refractivity (Wildman–Crippen MR) is 140 cm³/mol. The average Bonchev–Trinajstić information content (AvgIpc) is 3.27. The number of hydrogen-bond acceptors (Lipinski definition) is 3. The lowest BCUT2D eigenvalue weighted by Gasteiger charge is -2.41. The summed E-state index contributed by atoms with van der Waals surface area (Å²) in [4.78, 5) is 12.1. The largest absolute Gasteiger partial charge is 0.360 e. The van der Waals surface area contributed by atoms with Crippen molar-refractivity contribution < 1.29 is 0 Å². The molecule has 0 saturated heterocycles. The van der Waals surface area contributed by atoms with Gasteiger partial charge in [-0.3, -0.25) is 4.99 Å². The first-order valence-electron chi connectivity index (χ1n) is 12.3. The Hall–Kier alpha value is -3.66. The van der Waals surface area contributed by atoms with Gasteiger partial charge >= 0.3 is 0 Å². The van der Waals surface area contributed by atoms with Crippen LogP contribution in [-0.4, -0.2) is 16.2 Å². The topological polar surface area (TPSA) is 53.1 Å². The van der Waals surface area contributed by atoms with Gasteiger partial charge in [0.05, 0.1) is 6.33 Å². The second kappa shape index (κ2) is 8.94. The first-order valence-corrected chi connectivity index (χ1v) is 12.3. The van der Waals surface area contributed by atoms with Gasteiger partial charge < -0.3 is 10.3 Å². The highest BCUT2D eigenvalue weighted by molar-refractivity contribution is 5.89. The Morgan fingerprint density at radius 1 is 0.971 bits per heavy atom. The molecule has 0 unspecified atom stereocenters. The number of nitrogens with zero attached hydrogens (tertiary/aromatic N) is 2. The third-order valence-electron chi connectivity index (χ3n) is 7.81. The van der Waals surface area contributed by atoms with Crippen molar-refractivity contribution in [2.24, 2.45) is 10.9 Å². The van der Waals surface area contributed by atoms with Gasteiger partial charge in [0.2, 0.25) is 0 Å². The van der Waals surface area contributed by atoms with Crippen LogP contribution in [0, 0.1) is 5.92 Å². The van der Waals surface area contributed by atoms with Gasteiger partial charge in [0, 0.05) is 47.2 Å². The number of aliphatic imine (C=N–C) groups is 1. The van der Waals surface area contributed by atoms with Crippen LogP contribution in [0.4, 0.5) is 5.69 Å². The molecule has 0 radical (unpaired) electrons. The maximum atomic E-state index is 4.40. The molecular formula is C30H30N4. The summed E-state index contributed by atoms with van der Waals surface area (Å²) < 4.78 is 0. The van der Waals surface area contributed by atoms with Crippen molar-refractivity contribution in [2.45, 2.75) is 43.9 Å². The van der Waals surface area contributed by atoms with Crippen molar-refractivity contribution in [3.8, 4) is 0 Å². The van der Waals surface area contributed by atoms with E-state index in [2.05, 4.69) is 80.9 Å². The highest BCUT2D eigenvalue weighted by Gasteiger charge is 2.37. The molecule has 1 aromatic heterocycles. The Bertz CT molecular complexity index is 1340. The number of nitrogens with one attached hydrogen (secondary N) is 2. The summed E-state index contributed by atoms with van der Waals surface area (Å²) >= 11 is 0. The fraction of sp³-hybridized carbons (Fsp3) is 0.267. The highest BCUT2D eigenvalue weighted by atomic mass is 14.9. The Morgan fingerprint density at radius 3 is 2.74 bits per heavy atom. The van der Waals surface area contributed by atoms with Crippen LogP contribution >= 0.6 is 0 Å². The van der Waals surface area contributed by atoms with Gasteiger partial charge in [-0.1, -0.05) is 48.5 Å². The minimum atomic E-state index is 0.115. The van der Waals surface area contributed by atoms with Crippen molar-refractivity contribution in [3.63, 3.8) is 0 Å². The molecule has 1 aliphatic heterocycles. The molecular weight excluding hydrogens is 416 g/mol. The molecule has 2 N–H and O–H groups in total. The third-order valence-corrected chi connectivity index (χ3v) is 7.81. The van der Waals surface area contributed by atoms with Crippen LogP contribution in [0.2, 0.25) is 0 Å². The number of anilines is 1. The smallest absolute Gasteiger partial charge is 0.0921 e. The summed E-state index contributed by atoms with van der Waals surface area (Å²) in [6.45, 7) is 0. The number of rotatable bonds is 5. The SMILES string of the molecule is C1=CNc2ccc(C3(Cc4cnc[nH]4)CCC(Cc4cccc5ccccc45)CC3)cc2C=N1. The molecule has 4 aromatic rings. The summed E-state index contributed by atoms with van der Waals surface area (Å²) in [5.41, 5.74) is 6.51. The highest BCUT2D eigenvalue weighted by Crippen LogP contribution is 2.45. The minimum absolute atomic E-state index is 0.115. The lowest BCUT2D eigenvalue weighted by atomic mass is 9.63. The standard InChI is InChI=1S/C30H30N4/c1-2-7-28-23(4-1)5-3-6-24(28)16-22-10-12-30(13-11-22,18-27-20-32-21-34-27)26-8-9-29-25(17-26)19-31-14-15-33-29/h1-9,14-15,17,19-22,33H,10-13,16,18H2,(H,32,34). The number of aromatic nitrogens is 2. The Morgan fingerprint density at radius 2 is 1.85 bits per heavy atom. The summed E-state index contributed by atoms with van der Waals surface area (Å²) in [7, 11) is 0. The zero-order valence-corrected chi connectivity index (χ0v) is 19.4. The number of hydrogen-bond donors (Lipinski definition) is 2. The summed E-state index contributed by atoms with van der Waals surface area (Å²) in [6, 6.07) is 22.4. The van der Waals surface area contributed by atoms with Gasteiger partial charge in [-0.2, -0.15) is 0 Å². The number of H-pyrrole nitrogens is 1. The van der Waals surface area contributed by atoms with E-state index in [1.165, 1.54) is 53.3 Å². The molecule has 0 atom stereocenters. The van der Waals surface area contributed by atoms with Gasteiger partial charge in [-0.15, -0.1) is 0 Å². The number of aromatic amines is 1. The van der Waals surface area contributed by atoms with E-state index in [9.17, 15) is 0 Å². The molecule has 6 rings (SSSR count). The lowest BCUT2D eigenvalue weighted by molar-refractivity contribution is 0.226. The van der Waals surface area contributed by atoms with Crippen molar-refractivity contribution in [2.75, 3.05) is 5.32 Å². The van der Waals surface area contributed by atoms with Gasteiger partial charge in [0.1, 0.15) is 0 Å². The summed E-state index contributed by atoms with van der Waals surface area (Å²) in [5.74, 6) is 0.717. The Balaban J connectivity index is 1.27. The van der Waals surface area contributed by atoms with Crippen LogP contribution in [0.3, 0.4) is 0 Å². The maximum Gasteiger partial charge on any atom is 0.0921 e. The van der Waals surface area contributed by atoms with E-state index in [4.69, 9.17) is 0 Å². The third kappa shape index (κ3) is 4.05. The molecule has 34 heavy (non-hydrogen) atoms. The quantitative estimate of drug-likeness (QED) is 0.354. The molecule has 0 amide bonds. The zero-order valence-electron chi connectivity index (χ0n) is 19.4. The first kappa shape index (κ1) is 20.9. The van der Waals surface area contributed by atoms with Gasteiger partial charge in [-0.05, 0) is 78.5 Å². The minimum Gasteiger partial charge on any atom is -0.360 e. The second-order valence-electron chi connectivity index (χ2n) is 9.86. The van der Waals surface area contributed by atoms with E-state index in [0.29, 0.717) is 5.92 Å². The van der Waals surface area contributed by atoms with Gasteiger partial charge in [0.15, 0.2) is 0 Å². The van der Waals surface area contributed by atoms with E-state index in [-0.39, 0.29) is 5.41 Å². The Labute approximate surface area is 200 Å². The zero-order chi connectivity index (χ0) is 22.8. The second-order valence-corrected chi connectivity index (χ2v) is 9.86. The van der Waals surface area contributed by atoms with Crippen LogP contribution in [-0.2, 0) is 18.3 Å². The normalized spacial score (nSPS) is 21.7.